The topological polar surface area (TPSA) is 61.8 Å². The van der Waals surface area contributed by atoms with Crippen LogP contribution in [0.25, 0.3) is 0 Å². The van der Waals surface area contributed by atoms with Crippen molar-refractivity contribution in [3.05, 3.63) is 0 Å². The standard InChI is InChI=1S/C15H28O5/c1-3-4-5-6-7-8-9-10-14(16)20-12-11-19-13-15(17)18-2/h3-13H2,1-2H3. The molecule has 0 aromatic carbocycles. The summed E-state index contributed by atoms with van der Waals surface area (Å²) in [7, 11) is 1.30. The summed E-state index contributed by atoms with van der Waals surface area (Å²) in [5, 5.41) is 0. The van der Waals surface area contributed by atoms with Crippen molar-refractivity contribution in [3.63, 3.8) is 0 Å². The van der Waals surface area contributed by atoms with E-state index in [4.69, 9.17) is 9.47 Å². The lowest BCUT2D eigenvalue weighted by Crippen LogP contribution is -2.15. The van der Waals surface area contributed by atoms with Gasteiger partial charge in [-0.3, -0.25) is 4.79 Å². The van der Waals surface area contributed by atoms with Crippen molar-refractivity contribution in [1.29, 1.82) is 0 Å². The van der Waals surface area contributed by atoms with Crippen LogP contribution in [0.15, 0.2) is 0 Å². The van der Waals surface area contributed by atoms with E-state index in [9.17, 15) is 9.59 Å². The first-order valence-electron chi connectivity index (χ1n) is 7.50. The zero-order valence-electron chi connectivity index (χ0n) is 12.8. The van der Waals surface area contributed by atoms with Gasteiger partial charge in [0.05, 0.1) is 13.7 Å². The second kappa shape index (κ2) is 14.3. The molecule has 0 aliphatic heterocycles. The molecule has 0 heterocycles. The number of unbranched alkanes of at least 4 members (excludes halogenated alkanes) is 6. The summed E-state index contributed by atoms with van der Waals surface area (Å²) in [6, 6.07) is 0. The lowest BCUT2D eigenvalue weighted by molar-refractivity contribution is -0.149. The molecule has 0 bridgehead atoms. The summed E-state index contributed by atoms with van der Waals surface area (Å²) in [6.45, 7) is 2.50. The summed E-state index contributed by atoms with van der Waals surface area (Å²) in [4.78, 5) is 22.1. The molecule has 0 saturated carbocycles. The van der Waals surface area contributed by atoms with Crippen molar-refractivity contribution >= 4 is 11.9 Å². The van der Waals surface area contributed by atoms with E-state index in [2.05, 4.69) is 11.7 Å². The minimum absolute atomic E-state index is 0.105. The Morgan fingerprint density at radius 1 is 0.850 bits per heavy atom. The lowest BCUT2D eigenvalue weighted by atomic mass is 10.1. The van der Waals surface area contributed by atoms with Gasteiger partial charge in [0.15, 0.2) is 0 Å². The minimum Gasteiger partial charge on any atom is -0.467 e. The summed E-state index contributed by atoms with van der Waals surface area (Å²) in [5.74, 6) is -0.625. The van der Waals surface area contributed by atoms with Crippen molar-refractivity contribution < 1.29 is 23.8 Å². The predicted molar refractivity (Wildman–Crippen MR) is 76.4 cm³/mol. The largest absolute Gasteiger partial charge is 0.467 e. The van der Waals surface area contributed by atoms with Crippen LogP contribution in [0.5, 0.6) is 0 Å². The summed E-state index contributed by atoms with van der Waals surface area (Å²) in [5.41, 5.74) is 0. The Morgan fingerprint density at radius 3 is 2.15 bits per heavy atom. The number of ether oxygens (including phenoxy) is 3. The smallest absolute Gasteiger partial charge is 0.331 e. The van der Waals surface area contributed by atoms with Crippen LogP contribution in [0.2, 0.25) is 0 Å². The Morgan fingerprint density at radius 2 is 1.50 bits per heavy atom. The molecule has 0 rings (SSSR count). The minimum atomic E-state index is -0.431. The van der Waals surface area contributed by atoms with Crippen molar-refractivity contribution in [2.45, 2.75) is 58.3 Å². The van der Waals surface area contributed by atoms with Gasteiger partial charge in [-0.1, -0.05) is 45.4 Å². The van der Waals surface area contributed by atoms with Gasteiger partial charge in [-0.15, -0.1) is 0 Å². The second-order valence-corrected chi connectivity index (χ2v) is 4.72. The number of esters is 2. The first kappa shape index (κ1) is 18.9. The second-order valence-electron chi connectivity index (χ2n) is 4.72. The highest BCUT2D eigenvalue weighted by atomic mass is 16.6. The lowest BCUT2D eigenvalue weighted by Gasteiger charge is -2.05. The highest BCUT2D eigenvalue weighted by Crippen LogP contribution is 2.08. The molecule has 0 saturated heterocycles. The van der Waals surface area contributed by atoms with Crippen molar-refractivity contribution in [1.82, 2.24) is 0 Å². The van der Waals surface area contributed by atoms with E-state index in [0.29, 0.717) is 6.42 Å². The molecule has 0 aliphatic carbocycles. The number of carbonyl (C=O) groups excluding carboxylic acids is 2. The molecule has 20 heavy (non-hydrogen) atoms. The number of hydrogen-bond acceptors (Lipinski definition) is 5. The molecule has 0 aromatic heterocycles. The third-order valence-electron chi connectivity index (χ3n) is 2.92. The number of methoxy groups -OCH3 is 1. The van der Waals surface area contributed by atoms with Gasteiger partial charge in [-0.25, -0.2) is 4.79 Å². The van der Waals surface area contributed by atoms with Crippen LogP contribution in [-0.4, -0.2) is 38.9 Å². The van der Waals surface area contributed by atoms with Gasteiger partial charge >= 0.3 is 11.9 Å². The molecule has 0 unspecified atom stereocenters. The van der Waals surface area contributed by atoms with E-state index < -0.39 is 5.97 Å². The molecule has 118 valence electrons. The fourth-order valence-electron chi connectivity index (χ4n) is 1.73. The summed E-state index contributed by atoms with van der Waals surface area (Å²) in [6.07, 6.45) is 8.71. The SMILES string of the molecule is CCCCCCCCCC(=O)OCCOCC(=O)OC. The third-order valence-corrected chi connectivity index (χ3v) is 2.92. The van der Waals surface area contributed by atoms with E-state index in [1.165, 1.54) is 39.2 Å². The fourth-order valence-corrected chi connectivity index (χ4v) is 1.73. The predicted octanol–water partition coefficient (Wildman–Crippen LogP) is 2.86. The van der Waals surface area contributed by atoms with Crippen LogP contribution >= 0.6 is 0 Å². The highest BCUT2D eigenvalue weighted by molar-refractivity contribution is 5.70. The Bertz CT molecular complexity index is 253. The van der Waals surface area contributed by atoms with Crippen LogP contribution in [0, 0.1) is 0 Å². The quantitative estimate of drug-likeness (QED) is 0.385. The molecular formula is C15H28O5. The molecule has 0 atom stereocenters. The molecule has 0 aliphatic rings. The van der Waals surface area contributed by atoms with Gasteiger partial charge in [-0.2, -0.15) is 0 Å². The van der Waals surface area contributed by atoms with E-state index in [0.717, 1.165) is 12.8 Å². The normalized spacial score (nSPS) is 10.3. The molecule has 0 radical (unpaired) electrons. The van der Waals surface area contributed by atoms with Crippen molar-refractivity contribution in [2.24, 2.45) is 0 Å². The maximum Gasteiger partial charge on any atom is 0.331 e. The Balaban J connectivity index is 3.23. The van der Waals surface area contributed by atoms with Crippen LogP contribution < -0.4 is 0 Å². The van der Waals surface area contributed by atoms with Crippen LogP contribution in [0.1, 0.15) is 58.3 Å². The van der Waals surface area contributed by atoms with Gasteiger partial charge in [0.1, 0.15) is 13.2 Å². The number of carbonyl (C=O) groups is 2. The molecule has 5 heteroatoms. The maximum atomic E-state index is 11.4. The zero-order chi connectivity index (χ0) is 15.1. The molecular weight excluding hydrogens is 260 g/mol. The molecule has 0 amide bonds. The van der Waals surface area contributed by atoms with E-state index in [1.807, 2.05) is 0 Å². The molecule has 0 fully saturated rings. The van der Waals surface area contributed by atoms with Crippen molar-refractivity contribution in [2.75, 3.05) is 26.9 Å². The van der Waals surface area contributed by atoms with Gasteiger partial charge in [-0.05, 0) is 6.42 Å². The molecule has 0 spiro atoms. The molecule has 5 nitrogen and oxygen atoms in total. The summed E-state index contributed by atoms with van der Waals surface area (Å²) < 4.78 is 14.4. The van der Waals surface area contributed by atoms with E-state index in [1.54, 1.807) is 0 Å². The Hall–Kier alpha value is -1.10. The van der Waals surface area contributed by atoms with Crippen LogP contribution in [0.4, 0.5) is 0 Å². The Kier molecular flexibility index (Phi) is 13.5. The Labute approximate surface area is 122 Å². The third kappa shape index (κ3) is 13.3. The highest BCUT2D eigenvalue weighted by Gasteiger charge is 2.03. The van der Waals surface area contributed by atoms with Crippen LogP contribution in [-0.2, 0) is 23.8 Å². The van der Waals surface area contributed by atoms with Gasteiger partial charge in [0.2, 0.25) is 0 Å². The van der Waals surface area contributed by atoms with Gasteiger partial charge < -0.3 is 14.2 Å². The van der Waals surface area contributed by atoms with Crippen molar-refractivity contribution in [3.8, 4) is 0 Å². The summed E-state index contributed by atoms with van der Waals surface area (Å²) >= 11 is 0. The van der Waals surface area contributed by atoms with E-state index >= 15 is 0 Å². The van der Waals surface area contributed by atoms with Crippen LogP contribution in [0.3, 0.4) is 0 Å². The average Bonchev–Trinajstić information content (AvgIpc) is 2.45. The van der Waals surface area contributed by atoms with Gasteiger partial charge in [0, 0.05) is 6.42 Å². The number of rotatable bonds is 13. The van der Waals surface area contributed by atoms with Gasteiger partial charge in [0.25, 0.3) is 0 Å². The monoisotopic (exact) mass is 288 g/mol. The molecule has 0 N–H and O–H groups in total. The first-order valence-corrected chi connectivity index (χ1v) is 7.50. The maximum absolute atomic E-state index is 11.4. The first-order chi connectivity index (χ1) is 9.70. The van der Waals surface area contributed by atoms with E-state index in [-0.39, 0.29) is 25.8 Å². The fraction of sp³-hybridized carbons (Fsp3) is 0.867. The zero-order valence-corrected chi connectivity index (χ0v) is 12.8. The molecule has 0 aromatic rings. The number of hydrogen-bond donors (Lipinski definition) is 0. The average molecular weight is 288 g/mol.